The third-order valence-corrected chi connectivity index (χ3v) is 2.16. The number of pyridine rings is 1. The Kier molecular flexibility index (Phi) is 6.46. The average molecular weight is 253 g/mol. The van der Waals surface area contributed by atoms with Crippen molar-refractivity contribution in [2.45, 2.75) is 6.42 Å². The highest BCUT2D eigenvalue weighted by Crippen LogP contribution is 2.10. The molecule has 0 saturated carbocycles. The minimum absolute atomic E-state index is 0.327. The number of nitrogens with zero attached hydrogens (tertiary/aromatic N) is 2. The maximum absolute atomic E-state index is 5.59. The summed E-state index contributed by atoms with van der Waals surface area (Å²) in [6.07, 6.45) is 4.39. The van der Waals surface area contributed by atoms with Gasteiger partial charge in [0.15, 0.2) is 0 Å². The van der Waals surface area contributed by atoms with Crippen molar-refractivity contribution < 1.29 is 4.74 Å². The zero-order chi connectivity index (χ0) is 12.5. The topological polar surface area (TPSA) is 25.4 Å². The van der Waals surface area contributed by atoms with Crippen molar-refractivity contribution >= 4 is 11.6 Å². The summed E-state index contributed by atoms with van der Waals surface area (Å²) in [5.74, 6) is 6.78. The highest BCUT2D eigenvalue weighted by molar-refractivity contribution is 6.19. The van der Waals surface area contributed by atoms with Crippen molar-refractivity contribution in [1.82, 2.24) is 9.88 Å². The Labute approximate surface area is 108 Å². The van der Waals surface area contributed by atoms with Crippen LogP contribution in [0.2, 0.25) is 0 Å². The largest absolute Gasteiger partial charge is 0.492 e. The smallest absolute Gasteiger partial charge is 0.138 e. The molecule has 0 fully saturated rings. The third kappa shape index (κ3) is 6.15. The van der Waals surface area contributed by atoms with Crippen LogP contribution in [0.1, 0.15) is 12.0 Å². The molecule has 0 aliphatic rings. The highest BCUT2D eigenvalue weighted by atomic mass is 35.5. The molecule has 4 heteroatoms. The normalized spacial score (nSPS) is 9.88. The van der Waals surface area contributed by atoms with E-state index < -0.39 is 0 Å². The number of hydrogen-bond donors (Lipinski definition) is 0. The predicted octanol–water partition coefficient (Wildman–Crippen LogP) is 2.00. The van der Waals surface area contributed by atoms with Gasteiger partial charge in [-0.05, 0) is 26.6 Å². The van der Waals surface area contributed by atoms with Gasteiger partial charge in [0.2, 0.25) is 0 Å². The molecule has 0 radical (unpaired) electrons. The standard InChI is InChI=1S/C13H17ClN2O/c1-16(2)7-4-8-17-13-9-12(5-3-6-14)10-15-11-13/h9-11H,4,6-8H2,1-2H3. The SMILES string of the molecule is CN(C)CCCOc1cncc(C#CCCl)c1. The zero-order valence-corrected chi connectivity index (χ0v) is 11.0. The van der Waals surface area contributed by atoms with Gasteiger partial charge in [-0.1, -0.05) is 11.8 Å². The van der Waals surface area contributed by atoms with E-state index in [-0.39, 0.29) is 0 Å². The molecule has 0 saturated heterocycles. The van der Waals surface area contributed by atoms with Crippen LogP contribution in [-0.2, 0) is 0 Å². The molecule has 1 heterocycles. The van der Waals surface area contributed by atoms with E-state index in [1.807, 2.05) is 20.2 Å². The van der Waals surface area contributed by atoms with Gasteiger partial charge in [-0.3, -0.25) is 4.98 Å². The molecule has 0 unspecified atom stereocenters. The summed E-state index contributed by atoms with van der Waals surface area (Å²) in [5.41, 5.74) is 0.829. The van der Waals surface area contributed by atoms with Gasteiger partial charge in [-0.2, -0.15) is 0 Å². The van der Waals surface area contributed by atoms with Crippen LogP contribution in [0, 0.1) is 11.8 Å². The van der Waals surface area contributed by atoms with E-state index in [9.17, 15) is 0 Å². The van der Waals surface area contributed by atoms with Crippen molar-refractivity contribution in [3.8, 4) is 17.6 Å². The highest BCUT2D eigenvalue weighted by Gasteiger charge is 1.96. The van der Waals surface area contributed by atoms with Crippen LogP contribution in [0.5, 0.6) is 5.75 Å². The lowest BCUT2D eigenvalue weighted by Crippen LogP contribution is -2.15. The molecule has 17 heavy (non-hydrogen) atoms. The molecule has 0 atom stereocenters. The average Bonchev–Trinajstić information content (AvgIpc) is 2.32. The Morgan fingerprint density at radius 1 is 1.41 bits per heavy atom. The van der Waals surface area contributed by atoms with Crippen molar-refractivity contribution in [3.63, 3.8) is 0 Å². The molecule has 0 N–H and O–H groups in total. The van der Waals surface area contributed by atoms with Gasteiger partial charge in [0.25, 0.3) is 0 Å². The molecule has 0 spiro atoms. The van der Waals surface area contributed by atoms with Crippen molar-refractivity contribution in [3.05, 3.63) is 24.0 Å². The predicted molar refractivity (Wildman–Crippen MR) is 70.5 cm³/mol. The molecule has 0 aliphatic carbocycles. The molecular formula is C13H17ClN2O. The van der Waals surface area contributed by atoms with Crippen LogP contribution in [0.4, 0.5) is 0 Å². The van der Waals surface area contributed by atoms with E-state index in [1.165, 1.54) is 0 Å². The Balaban J connectivity index is 2.43. The Morgan fingerprint density at radius 3 is 2.94 bits per heavy atom. The molecule has 92 valence electrons. The number of hydrogen-bond acceptors (Lipinski definition) is 3. The van der Waals surface area contributed by atoms with E-state index in [2.05, 4.69) is 21.7 Å². The summed E-state index contributed by atoms with van der Waals surface area (Å²) in [5, 5.41) is 0. The number of rotatable bonds is 5. The maximum Gasteiger partial charge on any atom is 0.138 e. The Bertz CT molecular complexity index is 396. The van der Waals surface area contributed by atoms with Crippen LogP contribution < -0.4 is 4.74 Å². The van der Waals surface area contributed by atoms with Crippen LogP contribution in [-0.4, -0.2) is 43.0 Å². The molecule has 0 bridgehead atoms. The molecule has 3 nitrogen and oxygen atoms in total. The van der Waals surface area contributed by atoms with Gasteiger partial charge in [-0.15, -0.1) is 11.6 Å². The number of halogens is 1. The van der Waals surface area contributed by atoms with Crippen LogP contribution in [0.3, 0.4) is 0 Å². The van der Waals surface area contributed by atoms with E-state index in [0.29, 0.717) is 12.5 Å². The molecule has 0 amide bonds. The molecule has 1 aromatic heterocycles. The van der Waals surface area contributed by atoms with Crippen LogP contribution >= 0.6 is 11.6 Å². The first-order valence-corrected chi connectivity index (χ1v) is 6.03. The van der Waals surface area contributed by atoms with Gasteiger partial charge >= 0.3 is 0 Å². The summed E-state index contributed by atoms with van der Waals surface area (Å²) >= 11 is 5.49. The second-order valence-electron chi connectivity index (χ2n) is 3.85. The number of aromatic nitrogens is 1. The van der Waals surface area contributed by atoms with Gasteiger partial charge in [0.1, 0.15) is 5.75 Å². The molecule has 1 aromatic rings. The molecule has 0 aliphatic heterocycles. The molecule has 0 aromatic carbocycles. The van der Waals surface area contributed by atoms with E-state index in [4.69, 9.17) is 16.3 Å². The summed E-state index contributed by atoms with van der Waals surface area (Å²) in [6.45, 7) is 1.70. The number of ether oxygens (including phenoxy) is 1. The first kappa shape index (κ1) is 13.8. The fraction of sp³-hybridized carbons (Fsp3) is 0.462. The van der Waals surface area contributed by atoms with Crippen molar-refractivity contribution in [2.24, 2.45) is 0 Å². The van der Waals surface area contributed by atoms with Gasteiger partial charge in [-0.25, -0.2) is 0 Å². The van der Waals surface area contributed by atoms with Crippen LogP contribution in [0.25, 0.3) is 0 Å². The van der Waals surface area contributed by atoms with E-state index in [1.54, 1.807) is 12.4 Å². The first-order chi connectivity index (χ1) is 8.22. The Morgan fingerprint density at radius 2 is 2.24 bits per heavy atom. The molecule has 1 rings (SSSR count). The second kappa shape index (κ2) is 7.94. The fourth-order valence-corrected chi connectivity index (χ4v) is 1.34. The maximum atomic E-state index is 5.59. The van der Waals surface area contributed by atoms with Crippen molar-refractivity contribution in [1.29, 1.82) is 0 Å². The monoisotopic (exact) mass is 252 g/mol. The number of alkyl halides is 1. The second-order valence-corrected chi connectivity index (χ2v) is 4.12. The minimum Gasteiger partial charge on any atom is -0.492 e. The Hall–Kier alpha value is -1.24. The first-order valence-electron chi connectivity index (χ1n) is 5.50. The lowest BCUT2D eigenvalue weighted by Gasteiger charge is -2.10. The van der Waals surface area contributed by atoms with E-state index in [0.717, 1.165) is 24.3 Å². The van der Waals surface area contributed by atoms with E-state index >= 15 is 0 Å². The lowest BCUT2D eigenvalue weighted by atomic mass is 10.3. The van der Waals surface area contributed by atoms with Crippen molar-refractivity contribution in [2.75, 3.05) is 33.1 Å². The summed E-state index contributed by atoms with van der Waals surface area (Å²) in [6, 6.07) is 1.88. The van der Waals surface area contributed by atoms with Gasteiger partial charge in [0, 0.05) is 18.3 Å². The lowest BCUT2D eigenvalue weighted by molar-refractivity contribution is 0.281. The summed E-state index contributed by atoms with van der Waals surface area (Å²) < 4.78 is 5.59. The fourth-order valence-electron chi connectivity index (χ4n) is 1.27. The zero-order valence-electron chi connectivity index (χ0n) is 10.2. The third-order valence-electron chi connectivity index (χ3n) is 2.03. The summed E-state index contributed by atoms with van der Waals surface area (Å²) in [4.78, 5) is 6.20. The van der Waals surface area contributed by atoms with Gasteiger partial charge in [0.05, 0.1) is 18.7 Å². The summed E-state index contributed by atoms with van der Waals surface area (Å²) in [7, 11) is 4.09. The quantitative estimate of drug-likeness (QED) is 0.455. The molecular weight excluding hydrogens is 236 g/mol. The minimum atomic E-state index is 0.327. The van der Waals surface area contributed by atoms with Gasteiger partial charge < -0.3 is 9.64 Å². The van der Waals surface area contributed by atoms with Crippen LogP contribution in [0.15, 0.2) is 18.5 Å².